The quantitative estimate of drug-likeness (QED) is 0.687. The molecule has 2 N–H and O–H groups in total. The molecule has 0 aromatic heterocycles. The highest BCUT2D eigenvalue weighted by Gasteiger charge is 2.36. The molecule has 0 aromatic rings. The Kier molecular flexibility index (Phi) is 7.44. The maximum Gasteiger partial charge on any atom is 0.240 e. The van der Waals surface area contributed by atoms with Gasteiger partial charge in [-0.05, 0) is 32.6 Å². The fraction of sp³-hybridized carbons (Fsp3) is 0.929. The number of hydrogen-bond donors (Lipinski definition) is 2. The monoisotopic (exact) mass is 242 g/mol. The van der Waals surface area contributed by atoms with Crippen LogP contribution in [0.1, 0.15) is 60.8 Å². The number of hydrogen-bond acceptors (Lipinski definition) is 2. The third-order valence-electron chi connectivity index (χ3n) is 3.43. The zero-order valence-electron chi connectivity index (χ0n) is 12.4. The summed E-state index contributed by atoms with van der Waals surface area (Å²) in [6.45, 7) is 13.3. The van der Waals surface area contributed by atoms with Crippen molar-refractivity contribution < 1.29 is 4.79 Å². The first kappa shape index (κ1) is 16.4. The zero-order valence-corrected chi connectivity index (χ0v) is 12.4. The molecule has 0 fully saturated rings. The molecule has 0 radical (unpaired) electrons. The van der Waals surface area contributed by atoms with Crippen molar-refractivity contribution in [1.29, 1.82) is 0 Å². The number of carbonyl (C=O) groups excluding carboxylic acids is 1. The summed E-state index contributed by atoms with van der Waals surface area (Å²) < 4.78 is 0. The largest absolute Gasteiger partial charge is 0.355 e. The molecule has 2 unspecified atom stereocenters. The SMILES string of the molecule is CCCNC(=O)C(C)(NC(C)CCC)C(C)C. The third kappa shape index (κ3) is 5.07. The third-order valence-corrected chi connectivity index (χ3v) is 3.43. The molecule has 0 saturated heterocycles. The first-order valence-electron chi connectivity index (χ1n) is 6.94. The predicted octanol–water partition coefficient (Wildman–Crippen LogP) is 2.71. The molecule has 0 heterocycles. The molecule has 17 heavy (non-hydrogen) atoms. The summed E-state index contributed by atoms with van der Waals surface area (Å²) in [5.41, 5.74) is -0.468. The molecule has 0 saturated carbocycles. The average molecular weight is 242 g/mol. The number of nitrogens with one attached hydrogen (secondary N) is 2. The van der Waals surface area contributed by atoms with Crippen LogP contribution in [0.4, 0.5) is 0 Å². The van der Waals surface area contributed by atoms with Crippen LogP contribution in [-0.4, -0.2) is 24.0 Å². The van der Waals surface area contributed by atoms with Gasteiger partial charge >= 0.3 is 0 Å². The van der Waals surface area contributed by atoms with Crippen LogP contribution in [-0.2, 0) is 4.79 Å². The van der Waals surface area contributed by atoms with E-state index in [1.54, 1.807) is 0 Å². The minimum Gasteiger partial charge on any atom is -0.355 e. The molecule has 0 aliphatic heterocycles. The second kappa shape index (κ2) is 7.70. The van der Waals surface area contributed by atoms with Gasteiger partial charge in [0.1, 0.15) is 0 Å². The molecule has 0 aliphatic rings. The van der Waals surface area contributed by atoms with Gasteiger partial charge in [0.2, 0.25) is 5.91 Å². The van der Waals surface area contributed by atoms with Crippen molar-refractivity contribution in [1.82, 2.24) is 10.6 Å². The Bertz CT molecular complexity index is 228. The van der Waals surface area contributed by atoms with Crippen molar-refractivity contribution in [2.24, 2.45) is 5.92 Å². The number of rotatable bonds is 8. The van der Waals surface area contributed by atoms with Crippen LogP contribution < -0.4 is 10.6 Å². The molecule has 3 heteroatoms. The molecule has 0 bridgehead atoms. The fourth-order valence-corrected chi connectivity index (χ4v) is 1.93. The summed E-state index contributed by atoms with van der Waals surface area (Å²) in [7, 11) is 0. The molecule has 0 aromatic carbocycles. The van der Waals surface area contributed by atoms with Crippen LogP contribution >= 0.6 is 0 Å². The molecule has 3 nitrogen and oxygen atoms in total. The highest BCUT2D eigenvalue weighted by Crippen LogP contribution is 2.18. The summed E-state index contributed by atoms with van der Waals surface area (Å²) in [5.74, 6) is 0.399. The van der Waals surface area contributed by atoms with Crippen LogP contribution in [0.3, 0.4) is 0 Å². The van der Waals surface area contributed by atoms with Gasteiger partial charge in [-0.25, -0.2) is 0 Å². The Morgan fingerprint density at radius 1 is 1.18 bits per heavy atom. The van der Waals surface area contributed by atoms with E-state index in [1.165, 1.54) is 0 Å². The van der Waals surface area contributed by atoms with E-state index in [0.717, 1.165) is 25.8 Å². The molecule has 2 atom stereocenters. The minimum absolute atomic E-state index is 0.123. The molecular formula is C14H30N2O. The van der Waals surface area contributed by atoms with Crippen molar-refractivity contribution in [3.63, 3.8) is 0 Å². The molecule has 0 aliphatic carbocycles. The Morgan fingerprint density at radius 2 is 1.76 bits per heavy atom. The van der Waals surface area contributed by atoms with Crippen LogP contribution in [0.2, 0.25) is 0 Å². The fourth-order valence-electron chi connectivity index (χ4n) is 1.93. The van der Waals surface area contributed by atoms with Gasteiger partial charge < -0.3 is 10.6 Å². The van der Waals surface area contributed by atoms with Crippen molar-refractivity contribution in [3.05, 3.63) is 0 Å². The van der Waals surface area contributed by atoms with E-state index in [1.807, 2.05) is 6.92 Å². The van der Waals surface area contributed by atoms with E-state index in [-0.39, 0.29) is 11.8 Å². The Morgan fingerprint density at radius 3 is 2.18 bits per heavy atom. The molecule has 102 valence electrons. The number of amides is 1. The van der Waals surface area contributed by atoms with Gasteiger partial charge in [-0.2, -0.15) is 0 Å². The van der Waals surface area contributed by atoms with Crippen molar-refractivity contribution >= 4 is 5.91 Å². The van der Waals surface area contributed by atoms with Gasteiger partial charge in [-0.1, -0.05) is 34.1 Å². The molecule has 1 amide bonds. The predicted molar refractivity (Wildman–Crippen MR) is 74.0 cm³/mol. The highest BCUT2D eigenvalue weighted by atomic mass is 16.2. The van der Waals surface area contributed by atoms with Gasteiger partial charge in [0.15, 0.2) is 0 Å². The maximum atomic E-state index is 12.2. The summed E-state index contributed by atoms with van der Waals surface area (Å²) in [6.07, 6.45) is 3.21. The molecule has 0 spiro atoms. The van der Waals surface area contributed by atoms with Gasteiger partial charge in [0.05, 0.1) is 5.54 Å². The van der Waals surface area contributed by atoms with Gasteiger partial charge in [0, 0.05) is 12.6 Å². The Hall–Kier alpha value is -0.570. The summed E-state index contributed by atoms with van der Waals surface area (Å²) in [6, 6.07) is 0.375. The summed E-state index contributed by atoms with van der Waals surface area (Å²) in [5, 5.41) is 6.49. The van der Waals surface area contributed by atoms with Gasteiger partial charge in [-0.15, -0.1) is 0 Å². The van der Waals surface area contributed by atoms with Crippen LogP contribution in [0, 0.1) is 5.92 Å². The van der Waals surface area contributed by atoms with Crippen molar-refractivity contribution in [2.45, 2.75) is 72.4 Å². The summed E-state index contributed by atoms with van der Waals surface area (Å²) in [4.78, 5) is 12.2. The highest BCUT2D eigenvalue weighted by molar-refractivity contribution is 5.86. The van der Waals surface area contributed by atoms with Crippen molar-refractivity contribution in [2.75, 3.05) is 6.54 Å². The van der Waals surface area contributed by atoms with Gasteiger partial charge in [0.25, 0.3) is 0 Å². The van der Waals surface area contributed by atoms with E-state index < -0.39 is 5.54 Å². The topological polar surface area (TPSA) is 41.1 Å². The van der Waals surface area contributed by atoms with Gasteiger partial charge in [-0.3, -0.25) is 4.79 Å². The second-order valence-corrected chi connectivity index (χ2v) is 5.45. The van der Waals surface area contributed by atoms with Crippen LogP contribution in [0.25, 0.3) is 0 Å². The first-order chi connectivity index (χ1) is 7.88. The Labute approximate surface area is 107 Å². The average Bonchev–Trinajstić information content (AvgIpc) is 2.25. The lowest BCUT2D eigenvalue weighted by atomic mass is 9.86. The standard InChI is InChI=1S/C14H30N2O/c1-7-9-12(5)16-14(6,11(3)4)13(17)15-10-8-2/h11-12,16H,7-10H2,1-6H3,(H,15,17). The smallest absolute Gasteiger partial charge is 0.240 e. The van der Waals surface area contributed by atoms with Crippen molar-refractivity contribution in [3.8, 4) is 0 Å². The van der Waals surface area contributed by atoms with Crippen LogP contribution in [0.5, 0.6) is 0 Å². The minimum atomic E-state index is -0.468. The van der Waals surface area contributed by atoms with E-state index in [4.69, 9.17) is 0 Å². The normalized spacial score (nSPS) is 16.6. The lowest BCUT2D eigenvalue weighted by Gasteiger charge is -2.36. The second-order valence-electron chi connectivity index (χ2n) is 5.45. The summed E-state index contributed by atoms with van der Waals surface area (Å²) >= 11 is 0. The lowest BCUT2D eigenvalue weighted by molar-refractivity contribution is -0.129. The van der Waals surface area contributed by atoms with E-state index in [9.17, 15) is 4.79 Å². The van der Waals surface area contributed by atoms with E-state index in [0.29, 0.717) is 6.04 Å². The van der Waals surface area contributed by atoms with E-state index >= 15 is 0 Å². The lowest BCUT2D eigenvalue weighted by Crippen LogP contribution is -2.60. The maximum absolute atomic E-state index is 12.2. The van der Waals surface area contributed by atoms with E-state index in [2.05, 4.69) is 45.3 Å². The zero-order chi connectivity index (χ0) is 13.5. The molecular weight excluding hydrogens is 212 g/mol. The number of carbonyl (C=O) groups is 1. The molecule has 0 rings (SSSR count). The van der Waals surface area contributed by atoms with Crippen LogP contribution in [0.15, 0.2) is 0 Å². The first-order valence-corrected chi connectivity index (χ1v) is 6.94. The Balaban J connectivity index is 4.60.